The van der Waals surface area contributed by atoms with Crippen LogP contribution in [0.4, 0.5) is 5.69 Å². The molecule has 0 N–H and O–H groups in total. The number of imide groups is 1. The second-order valence-corrected chi connectivity index (χ2v) is 5.33. The summed E-state index contributed by atoms with van der Waals surface area (Å²) in [6, 6.07) is 15.5. The number of benzene rings is 2. The molecule has 0 saturated carbocycles. The molecule has 1 heterocycles. The van der Waals surface area contributed by atoms with Gasteiger partial charge in [-0.1, -0.05) is 30.3 Å². The molecule has 120 valence electrons. The fraction of sp³-hybridized carbons (Fsp3) is 0.105. The van der Waals surface area contributed by atoms with E-state index in [1.54, 1.807) is 54.6 Å². The van der Waals surface area contributed by atoms with Gasteiger partial charge in [0, 0.05) is 5.57 Å². The predicted molar refractivity (Wildman–Crippen MR) is 89.3 cm³/mol. The average Bonchev–Trinajstić information content (AvgIpc) is 2.89. The third-order valence-corrected chi connectivity index (χ3v) is 3.76. The molecule has 1 saturated heterocycles. The van der Waals surface area contributed by atoms with E-state index in [1.807, 2.05) is 6.07 Å². The Morgan fingerprint density at radius 1 is 1.04 bits per heavy atom. The first-order valence-corrected chi connectivity index (χ1v) is 7.41. The van der Waals surface area contributed by atoms with Crippen molar-refractivity contribution in [1.82, 2.24) is 0 Å². The number of para-hydroxylation sites is 1. The molecule has 2 amide bonds. The van der Waals surface area contributed by atoms with Crippen LogP contribution < -0.4 is 4.90 Å². The topological polar surface area (TPSA) is 63.7 Å². The van der Waals surface area contributed by atoms with Gasteiger partial charge in [0.05, 0.1) is 24.8 Å². The number of nitrogens with zero attached hydrogens (tertiary/aromatic N) is 1. The monoisotopic (exact) mass is 321 g/mol. The van der Waals surface area contributed by atoms with Crippen molar-refractivity contribution in [1.29, 1.82) is 0 Å². The van der Waals surface area contributed by atoms with Gasteiger partial charge in [0.15, 0.2) is 0 Å². The van der Waals surface area contributed by atoms with Gasteiger partial charge in [-0.15, -0.1) is 0 Å². The zero-order valence-electron chi connectivity index (χ0n) is 13.1. The fourth-order valence-corrected chi connectivity index (χ4v) is 2.56. The minimum atomic E-state index is -0.420. The van der Waals surface area contributed by atoms with E-state index in [0.717, 1.165) is 5.56 Å². The van der Waals surface area contributed by atoms with Crippen molar-refractivity contribution >= 4 is 29.5 Å². The van der Waals surface area contributed by atoms with E-state index < -0.39 is 5.97 Å². The maximum atomic E-state index is 12.5. The summed E-state index contributed by atoms with van der Waals surface area (Å²) in [4.78, 5) is 37.3. The number of hydrogen-bond donors (Lipinski definition) is 0. The van der Waals surface area contributed by atoms with Crippen LogP contribution in [0.1, 0.15) is 22.3 Å². The van der Waals surface area contributed by atoms with Gasteiger partial charge in [-0.3, -0.25) is 9.59 Å². The molecule has 1 aliphatic heterocycles. The van der Waals surface area contributed by atoms with Crippen LogP contribution in [0.2, 0.25) is 0 Å². The van der Waals surface area contributed by atoms with Gasteiger partial charge >= 0.3 is 5.97 Å². The van der Waals surface area contributed by atoms with Crippen molar-refractivity contribution in [2.24, 2.45) is 0 Å². The average molecular weight is 321 g/mol. The lowest BCUT2D eigenvalue weighted by Gasteiger charge is -2.12. The second-order valence-electron chi connectivity index (χ2n) is 5.33. The predicted octanol–water partition coefficient (Wildman–Crippen LogP) is 2.82. The van der Waals surface area contributed by atoms with E-state index in [1.165, 1.54) is 12.0 Å². The van der Waals surface area contributed by atoms with Crippen LogP contribution >= 0.6 is 0 Å². The molecule has 0 spiro atoms. The molecule has 5 nitrogen and oxygen atoms in total. The Morgan fingerprint density at radius 3 is 2.33 bits per heavy atom. The zero-order valence-corrected chi connectivity index (χ0v) is 13.1. The van der Waals surface area contributed by atoms with Crippen LogP contribution in [-0.2, 0) is 14.3 Å². The molecule has 1 aliphatic rings. The van der Waals surface area contributed by atoms with Gasteiger partial charge in [0.25, 0.3) is 5.91 Å². The Labute approximate surface area is 139 Å². The van der Waals surface area contributed by atoms with Crippen molar-refractivity contribution in [3.63, 3.8) is 0 Å². The summed E-state index contributed by atoms with van der Waals surface area (Å²) in [7, 11) is 1.32. The summed E-state index contributed by atoms with van der Waals surface area (Å²) < 4.78 is 4.64. The lowest BCUT2D eigenvalue weighted by Crippen LogP contribution is -2.28. The highest BCUT2D eigenvalue weighted by Crippen LogP contribution is 2.27. The van der Waals surface area contributed by atoms with Crippen LogP contribution in [-0.4, -0.2) is 24.9 Å². The van der Waals surface area contributed by atoms with Gasteiger partial charge in [-0.25, -0.2) is 9.69 Å². The molecule has 2 aromatic carbocycles. The Kier molecular flexibility index (Phi) is 4.24. The smallest absolute Gasteiger partial charge is 0.337 e. The van der Waals surface area contributed by atoms with E-state index in [0.29, 0.717) is 16.8 Å². The van der Waals surface area contributed by atoms with Gasteiger partial charge in [0.1, 0.15) is 0 Å². The van der Waals surface area contributed by atoms with E-state index >= 15 is 0 Å². The number of methoxy groups -OCH3 is 1. The summed E-state index contributed by atoms with van der Waals surface area (Å²) in [5, 5.41) is 0. The molecule has 0 aromatic heterocycles. The highest BCUT2D eigenvalue weighted by molar-refractivity contribution is 6.29. The van der Waals surface area contributed by atoms with Crippen LogP contribution in [0.15, 0.2) is 60.2 Å². The highest BCUT2D eigenvalue weighted by Gasteiger charge is 2.34. The molecule has 0 radical (unpaired) electrons. The van der Waals surface area contributed by atoms with Gasteiger partial charge in [0.2, 0.25) is 5.91 Å². The van der Waals surface area contributed by atoms with Crippen LogP contribution in [0, 0.1) is 0 Å². The molecule has 5 heteroatoms. The maximum absolute atomic E-state index is 12.5. The van der Waals surface area contributed by atoms with Crippen LogP contribution in [0.3, 0.4) is 0 Å². The molecule has 0 aliphatic carbocycles. The molecule has 2 aromatic rings. The summed E-state index contributed by atoms with van der Waals surface area (Å²) in [6.07, 6.45) is 1.73. The van der Waals surface area contributed by atoms with Gasteiger partial charge < -0.3 is 4.74 Å². The Bertz CT molecular complexity index is 822. The van der Waals surface area contributed by atoms with Crippen LogP contribution in [0.5, 0.6) is 0 Å². The normalized spacial score (nSPS) is 15.9. The largest absolute Gasteiger partial charge is 0.465 e. The first-order chi connectivity index (χ1) is 11.6. The van der Waals surface area contributed by atoms with Gasteiger partial charge in [-0.05, 0) is 35.9 Å². The lowest BCUT2D eigenvalue weighted by molar-refractivity contribution is -0.120. The first-order valence-electron chi connectivity index (χ1n) is 7.41. The van der Waals surface area contributed by atoms with E-state index in [9.17, 15) is 14.4 Å². The number of ether oxygens (including phenoxy) is 1. The lowest BCUT2D eigenvalue weighted by atomic mass is 10.1. The molecule has 24 heavy (non-hydrogen) atoms. The quantitative estimate of drug-likeness (QED) is 0.495. The van der Waals surface area contributed by atoms with E-state index in [-0.39, 0.29) is 18.2 Å². The molecule has 3 rings (SSSR count). The van der Waals surface area contributed by atoms with Crippen molar-refractivity contribution < 1.29 is 19.1 Å². The van der Waals surface area contributed by atoms with Crippen molar-refractivity contribution in [3.8, 4) is 0 Å². The van der Waals surface area contributed by atoms with Crippen molar-refractivity contribution in [2.75, 3.05) is 12.0 Å². The fourth-order valence-electron chi connectivity index (χ4n) is 2.56. The molecule has 0 bridgehead atoms. The summed E-state index contributed by atoms with van der Waals surface area (Å²) in [6.45, 7) is 0. The maximum Gasteiger partial charge on any atom is 0.337 e. The highest BCUT2D eigenvalue weighted by atomic mass is 16.5. The Hall–Kier alpha value is -3.21. The molecule has 1 fully saturated rings. The summed E-state index contributed by atoms with van der Waals surface area (Å²) >= 11 is 0. The van der Waals surface area contributed by atoms with Gasteiger partial charge in [-0.2, -0.15) is 0 Å². The third kappa shape index (κ3) is 2.96. The van der Waals surface area contributed by atoms with E-state index in [2.05, 4.69) is 4.74 Å². The Balaban J connectivity index is 1.85. The first kappa shape index (κ1) is 15.7. The zero-order chi connectivity index (χ0) is 17.1. The van der Waals surface area contributed by atoms with Crippen molar-refractivity contribution in [3.05, 3.63) is 71.3 Å². The second kappa shape index (κ2) is 6.50. The molecule has 0 unspecified atom stereocenters. The number of amides is 2. The SMILES string of the molecule is COC(=O)c1ccc(C=C2CC(=O)N(c3ccccc3)C2=O)cc1. The standard InChI is InChI=1S/C19H15NO4/c1-24-19(23)14-9-7-13(8-10-14)11-15-12-17(21)20(18(15)22)16-5-3-2-4-6-16/h2-11H,12H2,1H3. The number of anilines is 1. The number of carbonyl (C=O) groups is 3. The van der Waals surface area contributed by atoms with E-state index in [4.69, 9.17) is 0 Å². The van der Waals surface area contributed by atoms with Crippen LogP contribution in [0.25, 0.3) is 6.08 Å². The minimum absolute atomic E-state index is 0.0620. The number of esters is 1. The minimum Gasteiger partial charge on any atom is -0.465 e. The summed E-state index contributed by atoms with van der Waals surface area (Å²) in [5.41, 5.74) is 2.17. The number of hydrogen-bond acceptors (Lipinski definition) is 4. The molecular weight excluding hydrogens is 306 g/mol. The Morgan fingerprint density at radius 2 is 1.71 bits per heavy atom. The summed E-state index contributed by atoms with van der Waals surface area (Å²) in [5.74, 6) is -0.983. The number of rotatable bonds is 3. The molecule has 0 atom stereocenters. The number of carbonyl (C=O) groups excluding carboxylic acids is 3. The third-order valence-electron chi connectivity index (χ3n) is 3.76. The molecular formula is C19H15NO4. The van der Waals surface area contributed by atoms with Crippen molar-refractivity contribution in [2.45, 2.75) is 6.42 Å².